The minimum absolute atomic E-state index is 0.608. The van der Waals surface area contributed by atoms with E-state index in [1.807, 2.05) is 14.1 Å². The first-order valence-electron chi connectivity index (χ1n) is 5.00. The van der Waals surface area contributed by atoms with E-state index < -0.39 is 0 Å². The highest BCUT2D eigenvalue weighted by Gasteiger charge is 2.08. The van der Waals surface area contributed by atoms with Crippen LogP contribution in [0.2, 0.25) is 0 Å². The van der Waals surface area contributed by atoms with E-state index in [2.05, 4.69) is 44.4 Å². The van der Waals surface area contributed by atoms with Gasteiger partial charge in [-0.05, 0) is 43.1 Å². The summed E-state index contributed by atoms with van der Waals surface area (Å²) in [6, 6.07) is 0. The molecular weight excluding hydrogens is 303 g/mol. The predicted molar refractivity (Wildman–Crippen MR) is 70.8 cm³/mol. The number of nitrogen functional groups attached to an aromatic ring is 1. The van der Waals surface area contributed by atoms with E-state index in [1.165, 1.54) is 0 Å². The monoisotopic (exact) mass is 320 g/mol. The second-order valence-electron chi connectivity index (χ2n) is 3.69. The summed E-state index contributed by atoms with van der Waals surface area (Å²) < 4.78 is 0.990. The molecule has 0 saturated carbocycles. The maximum Gasteiger partial charge on any atom is 0.140 e. The first-order valence-corrected chi connectivity index (χ1v) is 6.08. The molecule has 1 heterocycles. The van der Waals surface area contributed by atoms with Crippen LogP contribution in [-0.4, -0.2) is 35.5 Å². The van der Waals surface area contributed by atoms with Crippen molar-refractivity contribution in [3.8, 4) is 0 Å². The number of nitrogens with two attached hydrogens (primary N) is 1. The van der Waals surface area contributed by atoms with Gasteiger partial charge in [-0.25, -0.2) is 9.97 Å². The molecule has 0 atom stereocenters. The quantitative estimate of drug-likeness (QED) is 0.851. The Balaban J connectivity index is 2.86. The lowest BCUT2D eigenvalue weighted by molar-refractivity contribution is 0.409. The zero-order valence-electron chi connectivity index (χ0n) is 9.42. The van der Waals surface area contributed by atoms with Gasteiger partial charge in [-0.15, -0.1) is 0 Å². The molecule has 0 saturated heterocycles. The molecule has 0 bridgehead atoms. The van der Waals surface area contributed by atoms with E-state index in [1.54, 1.807) is 0 Å². The first-order chi connectivity index (χ1) is 7.04. The average molecular weight is 320 g/mol. The van der Waals surface area contributed by atoms with E-state index in [4.69, 9.17) is 5.73 Å². The lowest BCUT2D eigenvalue weighted by Gasteiger charge is -2.10. The van der Waals surface area contributed by atoms with Gasteiger partial charge in [0.2, 0.25) is 0 Å². The smallest absolute Gasteiger partial charge is 0.140 e. The van der Waals surface area contributed by atoms with E-state index in [0.717, 1.165) is 34.5 Å². The normalized spacial score (nSPS) is 11.0. The van der Waals surface area contributed by atoms with Crippen molar-refractivity contribution in [1.82, 2.24) is 14.9 Å². The zero-order chi connectivity index (χ0) is 11.4. The summed E-state index contributed by atoms with van der Waals surface area (Å²) >= 11 is 2.20. The highest BCUT2D eigenvalue weighted by atomic mass is 127. The summed E-state index contributed by atoms with van der Waals surface area (Å²) in [5.74, 6) is 1.45. The van der Waals surface area contributed by atoms with Gasteiger partial charge in [0, 0.05) is 13.0 Å². The Bertz CT molecular complexity index is 338. The molecule has 15 heavy (non-hydrogen) atoms. The molecule has 0 unspecified atom stereocenters. The third-order valence-electron chi connectivity index (χ3n) is 2.11. The van der Waals surface area contributed by atoms with Crippen molar-refractivity contribution in [3.63, 3.8) is 0 Å². The fraction of sp³-hybridized carbons (Fsp3) is 0.600. The summed E-state index contributed by atoms with van der Waals surface area (Å²) in [6.07, 6.45) is 1.75. The van der Waals surface area contributed by atoms with Crippen LogP contribution in [0.15, 0.2) is 0 Å². The van der Waals surface area contributed by atoms with E-state index >= 15 is 0 Å². The molecule has 5 heteroatoms. The Morgan fingerprint density at radius 2 is 2.00 bits per heavy atom. The minimum atomic E-state index is 0.608. The molecule has 4 nitrogen and oxygen atoms in total. The number of likely N-dealkylation sites (N-methyl/N-ethyl adjacent to an activating group) is 1. The number of hydrogen-bond donors (Lipinski definition) is 1. The molecule has 0 radical (unpaired) electrons. The Hall–Kier alpha value is -0.430. The largest absolute Gasteiger partial charge is 0.383 e. The number of hydrogen-bond acceptors (Lipinski definition) is 4. The van der Waals surface area contributed by atoms with E-state index in [9.17, 15) is 0 Å². The maximum absolute atomic E-state index is 5.83. The van der Waals surface area contributed by atoms with Gasteiger partial charge in [0.1, 0.15) is 11.6 Å². The number of aryl methyl sites for hydroxylation is 1. The molecule has 0 aliphatic carbocycles. The zero-order valence-corrected chi connectivity index (χ0v) is 11.6. The van der Waals surface area contributed by atoms with Crippen molar-refractivity contribution < 1.29 is 0 Å². The summed E-state index contributed by atoms with van der Waals surface area (Å²) in [5.41, 5.74) is 6.88. The summed E-state index contributed by atoms with van der Waals surface area (Å²) in [5, 5.41) is 0. The molecule has 0 fully saturated rings. The molecular formula is C10H17IN4. The standard InChI is InChI=1S/C10H17IN4/c1-4-7-9(11)10(12)14-8(13-7)5-6-15(2)3/h4-6H2,1-3H3,(H2,12,13,14). The van der Waals surface area contributed by atoms with Gasteiger partial charge in [0.25, 0.3) is 0 Å². The number of halogens is 1. The second-order valence-corrected chi connectivity index (χ2v) is 4.77. The molecule has 0 spiro atoms. The molecule has 1 aromatic heterocycles. The van der Waals surface area contributed by atoms with Crippen LogP contribution in [0.4, 0.5) is 5.82 Å². The fourth-order valence-electron chi connectivity index (χ4n) is 1.24. The van der Waals surface area contributed by atoms with Gasteiger partial charge in [-0.2, -0.15) is 0 Å². The van der Waals surface area contributed by atoms with Crippen molar-refractivity contribution >= 4 is 28.4 Å². The van der Waals surface area contributed by atoms with E-state index in [-0.39, 0.29) is 0 Å². The highest BCUT2D eigenvalue weighted by Crippen LogP contribution is 2.16. The topological polar surface area (TPSA) is 55.0 Å². The molecule has 1 aromatic rings. The lowest BCUT2D eigenvalue weighted by atomic mass is 10.3. The van der Waals surface area contributed by atoms with E-state index in [0.29, 0.717) is 5.82 Å². The summed E-state index contributed by atoms with van der Waals surface area (Å²) in [7, 11) is 4.08. The Kier molecular flexibility index (Phi) is 4.72. The molecule has 1 rings (SSSR count). The number of nitrogens with zero attached hydrogens (tertiary/aromatic N) is 3. The average Bonchev–Trinajstić information content (AvgIpc) is 2.19. The molecule has 2 N–H and O–H groups in total. The van der Waals surface area contributed by atoms with Gasteiger partial charge < -0.3 is 10.6 Å². The number of aromatic nitrogens is 2. The molecule has 0 aromatic carbocycles. The van der Waals surface area contributed by atoms with Crippen LogP contribution < -0.4 is 5.73 Å². The van der Waals surface area contributed by atoms with Gasteiger partial charge in [-0.3, -0.25) is 0 Å². The van der Waals surface area contributed by atoms with Crippen LogP contribution in [0.1, 0.15) is 18.4 Å². The molecule has 84 valence electrons. The number of anilines is 1. The molecule has 0 amide bonds. The maximum atomic E-state index is 5.83. The Morgan fingerprint density at radius 1 is 1.33 bits per heavy atom. The van der Waals surface area contributed by atoms with Gasteiger partial charge in [-0.1, -0.05) is 6.92 Å². The highest BCUT2D eigenvalue weighted by molar-refractivity contribution is 14.1. The van der Waals surface area contributed by atoms with Crippen LogP contribution in [0.5, 0.6) is 0 Å². The first kappa shape index (κ1) is 12.6. The van der Waals surface area contributed by atoms with Crippen molar-refractivity contribution in [2.75, 3.05) is 26.4 Å². The SMILES string of the molecule is CCc1nc(CCN(C)C)nc(N)c1I. The number of rotatable bonds is 4. The van der Waals surface area contributed by atoms with Crippen LogP contribution in [-0.2, 0) is 12.8 Å². The van der Waals surface area contributed by atoms with Crippen molar-refractivity contribution in [2.24, 2.45) is 0 Å². The van der Waals surface area contributed by atoms with Crippen molar-refractivity contribution in [2.45, 2.75) is 19.8 Å². The van der Waals surface area contributed by atoms with Gasteiger partial charge in [0.05, 0.1) is 9.26 Å². The van der Waals surface area contributed by atoms with Crippen molar-refractivity contribution in [1.29, 1.82) is 0 Å². The Morgan fingerprint density at radius 3 is 2.53 bits per heavy atom. The van der Waals surface area contributed by atoms with Gasteiger partial charge >= 0.3 is 0 Å². The second kappa shape index (κ2) is 5.60. The predicted octanol–water partition coefficient (Wildman–Crippen LogP) is 1.33. The van der Waals surface area contributed by atoms with Crippen molar-refractivity contribution in [3.05, 3.63) is 15.1 Å². The third kappa shape index (κ3) is 3.57. The van der Waals surface area contributed by atoms with Crippen LogP contribution in [0.3, 0.4) is 0 Å². The van der Waals surface area contributed by atoms with Crippen LogP contribution >= 0.6 is 22.6 Å². The lowest BCUT2D eigenvalue weighted by Crippen LogP contribution is -2.17. The van der Waals surface area contributed by atoms with Crippen LogP contribution in [0, 0.1) is 3.57 Å². The molecule has 0 aliphatic rings. The van der Waals surface area contributed by atoms with Gasteiger partial charge in [0.15, 0.2) is 0 Å². The Labute approximate surface area is 104 Å². The third-order valence-corrected chi connectivity index (χ3v) is 3.28. The minimum Gasteiger partial charge on any atom is -0.383 e. The fourth-order valence-corrected chi connectivity index (χ4v) is 1.86. The molecule has 0 aliphatic heterocycles. The summed E-state index contributed by atoms with van der Waals surface area (Å²) in [6.45, 7) is 3.03. The summed E-state index contributed by atoms with van der Waals surface area (Å²) in [4.78, 5) is 10.9. The van der Waals surface area contributed by atoms with Crippen LogP contribution in [0.25, 0.3) is 0 Å².